The van der Waals surface area contributed by atoms with E-state index in [2.05, 4.69) is 55.2 Å². The molecule has 1 unspecified atom stereocenters. The number of anilines is 1. The molecule has 2 aromatic heterocycles. The second-order valence-electron chi connectivity index (χ2n) is 9.89. The van der Waals surface area contributed by atoms with Crippen molar-refractivity contribution in [1.29, 1.82) is 0 Å². The van der Waals surface area contributed by atoms with Gasteiger partial charge in [-0.25, -0.2) is 4.79 Å². The van der Waals surface area contributed by atoms with Crippen LogP contribution in [0.25, 0.3) is 11.3 Å². The monoisotopic (exact) mass is 484 g/mol. The van der Waals surface area contributed by atoms with E-state index in [0.717, 1.165) is 33.6 Å². The maximum Gasteiger partial charge on any atom is 0.360 e. The van der Waals surface area contributed by atoms with Crippen molar-refractivity contribution in [2.45, 2.75) is 46.1 Å². The van der Waals surface area contributed by atoms with E-state index in [4.69, 9.17) is 9.26 Å². The van der Waals surface area contributed by atoms with Crippen LogP contribution in [0.1, 0.15) is 77.1 Å². The second-order valence-corrected chi connectivity index (χ2v) is 9.89. The summed E-state index contributed by atoms with van der Waals surface area (Å²) in [7, 11) is 0. The summed E-state index contributed by atoms with van der Waals surface area (Å²) in [6.07, 6.45) is 0. The lowest BCUT2D eigenvalue weighted by molar-refractivity contribution is 0.0514. The van der Waals surface area contributed by atoms with Crippen LogP contribution in [-0.4, -0.2) is 33.8 Å². The number of nitrogens with one attached hydrogen (secondary N) is 1. The Labute approximate surface area is 209 Å². The first-order valence-electron chi connectivity index (χ1n) is 11.9. The third-order valence-corrected chi connectivity index (χ3v) is 6.39. The van der Waals surface area contributed by atoms with Gasteiger partial charge in [0.15, 0.2) is 11.5 Å². The Kier molecular flexibility index (Phi) is 5.74. The van der Waals surface area contributed by atoms with Crippen molar-refractivity contribution in [3.05, 3.63) is 88.4 Å². The summed E-state index contributed by atoms with van der Waals surface area (Å²) in [6, 6.07) is 16.8. The van der Waals surface area contributed by atoms with Crippen molar-refractivity contribution in [2.24, 2.45) is 0 Å². The molecule has 0 radical (unpaired) electrons. The molecule has 8 nitrogen and oxygen atoms in total. The van der Waals surface area contributed by atoms with Crippen molar-refractivity contribution in [3.63, 3.8) is 0 Å². The van der Waals surface area contributed by atoms with E-state index < -0.39 is 5.97 Å². The number of esters is 1. The van der Waals surface area contributed by atoms with E-state index in [0.29, 0.717) is 11.5 Å². The molecule has 3 heterocycles. The first kappa shape index (κ1) is 23.5. The van der Waals surface area contributed by atoms with E-state index in [1.807, 2.05) is 41.3 Å². The van der Waals surface area contributed by atoms with Crippen LogP contribution in [0.15, 0.2) is 59.1 Å². The number of hydrogen-bond acceptors (Lipinski definition) is 6. The number of rotatable bonds is 5. The first-order chi connectivity index (χ1) is 17.2. The van der Waals surface area contributed by atoms with E-state index >= 15 is 0 Å². The summed E-state index contributed by atoms with van der Waals surface area (Å²) in [6.45, 7) is 10.3. The molecule has 0 saturated heterocycles. The zero-order chi connectivity index (χ0) is 25.6. The largest absolute Gasteiger partial charge is 0.461 e. The average Bonchev–Trinajstić information content (AvgIpc) is 3.56. The fourth-order valence-electron chi connectivity index (χ4n) is 4.67. The lowest BCUT2D eigenvalue weighted by Crippen LogP contribution is -2.30. The molecule has 5 rings (SSSR count). The molecule has 8 heteroatoms. The summed E-state index contributed by atoms with van der Waals surface area (Å²) in [5, 5.41) is 11.4. The number of aromatic amines is 1. The quantitative estimate of drug-likeness (QED) is 0.370. The number of H-pyrrole nitrogens is 1. The Balaban J connectivity index is 1.56. The molecule has 0 spiro atoms. The number of aromatic nitrogens is 3. The van der Waals surface area contributed by atoms with Crippen LogP contribution < -0.4 is 4.90 Å². The number of hydrogen-bond donors (Lipinski definition) is 1. The van der Waals surface area contributed by atoms with E-state index in [9.17, 15) is 9.59 Å². The number of nitrogens with zero attached hydrogens (tertiary/aromatic N) is 3. The van der Waals surface area contributed by atoms with Gasteiger partial charge in [0.05, 0.1) is 18.3 Å². The molecular weight excluding hydrogens is 456 g/mol. The lowest BCUT2D eigenvalue weighted by atomic mass is 9.85. The van der Waals surface area contributed by atoms with Crippen molar-refractivity contribution in [3.8, 4) is 11.3 Å². The maximum absolute atomic E-state index is 13.7. The van der Waals surface area contributed by atoms with Crippen LogP contribution in [0.3, 0.4) is 0 Å². The number of carbonyl (C=O) groups excluding carboxylic acids is 2. The fraction of sp³-hybridized carbons (Fsp3) is 0.286. The molecule has 1 aliphatic heterocycles. The number of carbonyl (C=O) groups is 2. The minimum absolute atomic E-state index is 0.117. The van der Waals surface area contributed by atoms with Crippen LogP contribution in [-0.2, 0) is 10.2 Å². The summed E-state index contributed by atoms with van der Waals surface area (Å²) in [5.41, 5.74) is 5.81. The van der Waals surface area contributed by atoms with Gasteiger partial charge in [-0.3, -0.25) is 14.8 Å². The predicted octanol–water partition coefficient (Wildman–Crippen LogP) is 5.60. The van der Waals surface area contributed by atoms with Gasteiger partial charge in [-0.1, -0.05) is 50.2 Å². The van der Waals surface area contributed by atoms with Gasteiger partial charge < -0.3 is 9.26 Å². The molecule has 1 atom stereocenters. The van der Waals surface area contributed by atoms with Gasteiger partial charge in [-0.05, 0) is 49.2 Å². The minimum atomic E-state index is -0.530. The summed E-state index contributed by atoms with van der Waals surface area (Å²) in [5.74, 6) is -0.215. The fourth-order valence-corrected chi connectivity index (χ4v) is 4.67. The summed E-state index contributed by atoms with van der Waals surface area (Å²) < 4.78 is 10.3. The number of amides is 1. The molecule has 0 saturated carbocycles. The van der Waals surface area contributed by atoms with Gasteiger partial charge in [-0.15, -0.1) is 0 Å². The average molecular weight is 485 g/mol. The van der Waals surface area contributed by atoms with Crippen LogP contribution >= 0.6 is 0 Å². The standard InChI is InChI=1S/C28H28N4O4/c1-6-35-27(34)20-15-21(36-31-20)17-11-13-18(14-12-17)32-24(19-10-8-7-9-16(19)2)22-23(26(32)33)29-30-25(22)28(3,4)5/h7-15,24H,6H2,1-5H3,(H,29,30). The lowest BCUT2D eigenvalue weighted by Gasteiger charge is -2.29. The van der Waals surface area contributed by atoms with Gasteiger partial charge in [0.2, 0.25) is 0 Å². The van der Waals surface area contributed by atoms with Crippen molar-refractivity contribution in [1.82, 2.24) is 15.4 Å². The molecule has 4 aromatic rings. The number of ether oxygens (including phenoxy) is 1. The van der Waals surface area contributed by atoms with Gasteiger partial charge in [0, 0.05) is 28.3 Å². The van der Waals surface area contributed by atoms with Gasteiger partial charge in [0.1, 0.15) is 5.69 Å². The molecule has 0 fully saturated rings. The van der Waals surface area contributed by atoms with E-state index in [1.165, 1.54) is 0 Å². The molecule has 184 valence electrons. The van der Waals surface area contributed by atoms with Crippen molar-refractivity contribution in [2.75, 3.05) is 11.5 Å². The normalized spacial score (nSPS) is 15.3. The Hall–Kier alpha value is -4.20. The maximum atomic E-state index is 13.7. The second kappa shape index (κ2) is 8.78. The van der Waals surface area contributed by atoms with Crippen LogP contribution in [0.4, 0.5) is 5.69 Å². The van der Waals surface area contributed by atoms with Crippen LogP contribution in [0.2, 0.25) is 0 Å². The Morgan fingerprint density at radius 1 is 1.14 bits per heavy atom. The highest BCUT2D eigenvalue weighted by Gasteiger charge is 2.45. The third-order valence-electron chi connectivity index (χ3n) is 6.39. The molecular formula is C28H28N4O4. The third kappa shape index (κ3) is 3.88. The highest BCUT2D eigenvalue weighted by molar-refractivity contribution is 6.11. The SMILES string of the molecule is CCOC(=O)c1cc(-c2ccc(N3C(=O)c4[nH]nc(C(C)(C)C)c4C3c3ccccc3C)cc2)on1. The van der Waals surface area contributed by atoms with Crippen molar-refractivity contribution >= 4 is 17.6 Å². The smallest absolute Gasteiger partial charge is 0.360 e. The molecule has 1 amide bonds. The topological polar surface area (TPSA) is 101 Å². The number of aryl methyl sites for hydroxylation is 1. The zero-order valence-electron chi connectivity index (χ0n) is 21.0. The minimum Gasteiger partial charge on any atom is -0.461 e. The molecule has 0 aliphatic carbocycles. The predicted molar refractivity (Wildman–Crippen MR) is 135 cm³/mol. The van der Waals surface area contributed by atoms with Gasteiger partial charge >= 0.3 is 5.97 Å². The highest BCUT2D eigenvalue weighted by atomic mass is 16.5. The van der Waals surface area contributed by atoms with E-state index in [-0.39, 0.29) is 29.7 Å². The summed E-state index contributed by atoms with van der Waals surface area (Å²) in [4.78, 5) is 27.5. The van der Waals surface area contributed by atoms with Crippen LogP contribution in [0, 0.1) is 6.92 Å². The van der Waals surface area contributed by atoms with Crippen LogP contribution in [0.5, 0.6) is 0 Å². The summed E-state index contributed by atoms with van der Waals surface area (Å²) >= 11 is 0. The molecule has 2 aromatic carbocycles. The van der Waals surface area contributed by atoms with Gasteiger partial charge in [0.25, 0.3) is 5.91 Å². The molecule has 0 bridgehead atoms. The van der Waals surface area contributed by atoms with Gasteiger partial charge in [-0.2, -0.15) is 5.10 Å². The van der Waals surface area contributed by atoms with E-state index in [1.54, 1.807) is 13.0 Å². The Morgan fingerprint density at radius 3 is 2.53 bits per heavy atom. The highest BCUT2D eigenvalue weighted by Crippen LogP contribution is 2.45. The Bertz CT molecular complexity index is 1440. The number of benzene rings is 2. The number of fused-ring (bicyclic) bond motifs is 1. The zero-order valence-corrected chi connectivity index (χ0v) is 21.0. The molecule has 1 N–H and O–H groups in total. The Morgan fingerprint density at radius 2 is 1.86 bits per heavy atom. The first-order valence-corrected chi connectivity index (χ1v) is 11.9. The molecule has 36 heavy (non-hydrogen) atoms. The van der Waals surface area contributed by atoms with Crippen molar-refractivity contribution < 1.29 is 18.8 Å². The molecule has 1 aliphatic rings.